The molecule has 3 nitrogen and oxygen atoms in total. The average molecular weight is 342 g/mol. The molecule has 21 heavy (non-hydrogen) atoms. The minimum atomic E-state index is -3.58. The zero-order valence-corrected chi connectivity index (χ0v) is 14.2. The van der Waals surface area contributed by atoms with Crippen LogP contribution in [0.15, 0.2) is 58.3 Å². The van der Waals surface area contributed by atoms with Gasteiger partial charge in [-0.15, -0.1) is 11.8 Å². The third kappa shape index (κ3) is 3.54. The first-order valence-corrected chi connectivity index (χ1v) is 9.45. The fourth-order valence-electron chi connectivity index (χ4n) is 2.00. The van der Waals surface area contributed by atoms with Crippen LogP contribution in [0.4, 0.5) is 5.69 Å². The Bertz CT molecular complexity index is 715. The quantitative estimate of drug-likeness (QED) is 0.762. The maximum Gasteiger partial charge on any atom is 0.264 e. The van der Waals surface area contributed by atoms with Gasteiger partial charge in [-0.05, 0) is 55.6 Å². The highest BCUT2D eigenvalue weighted by atomic mass is 35.5. The first kappa shape index (κ1) is 16.2. The normalized spacial score (nSPS) is 11.4. The van der Waals surface area contributed by atoms with Crippen LogP contribution in [-0.2, 0) is 10.0 Å². The van der Waals surface area contributed by atoms with E-state index in [-0.39, 0.29) is 4.90 Å². The Hall–Kier alpha value is -1.17. The molecule has 0 atom stereocenters. The van der Waals surface area contributed by atoms with Gasteiger partial charge < -0.3 is 0 Å². The van der Waals surface area contributed by atoms with Gasteiger partial charge in [0.25, 0.3) is 10.0 Å². The van der Waals surface area contributed by atoms with E-state index in [2.05, 4.69) is 0 Å². The average Bonchev–Trinajstić information content (AvgIpc) is 2.48. The summed E-state index contributed by atoms with van der Waals surface area (Å²) in [6, 6.07) is 13.7. The van der Waals surface area contributed by atoms with Gasteiger partial charge >= 0.3 is 0 Å². The molecule has 0 unspecified atom stereocenters. The molecule has 0 bridgehead atoms. The molecule has 2 aromatic carbocycles. The van der Waals surface area contributed by atoms with Gasteiger partial charge in [-0.1, -0.05) is 17.7 Å². The van der Waals surface area contributed by atoms with E-state index in [0.717, 1.165) is 4.90 Å². The predicted molar refractivity (Wildman–Crippen MR) is 89.9 cm³/mol. The van der Waals surface area contributed by atoms with E-state index in [1.165, 1.54) is 4.31 Å². The zero-order valence-electron chi connectivity index (χ0n) is 11.8. The van der Waals surface area contributed by atoms with E-state index >= 15 is 0 Å². The molecule has 0 fully saturated rings. The fraction of sp³-hybridized carbons (Fsp3) is 0.200. The topological polar surface area (TPSA) is 37.4 Å². The summed E-state index contributed by atoms with van der Waals surface area (Å²) in [5.41, 5.74) is 0.568. The molecule has 0 saturated carbocycles. The number of hydrogen-bond donors (Lipinski definition) is 0. The first-order valence-electron chi connectivity index (χ1n) is 6.41. The molecule has 0 aliphatic carbocycles. The number of anilines is 1. The minimum absolute atomic E-state index is 0.280. The van der Waals surface area contributed by atoms with Gasteiger partial charge in [0, 0.05) is 16.5 Å². The summed E-state index contributed by atoms with van der Waals surface area (Å²) in [6.45, 7) is 2.14. The zero-order chi connectivity index (χ0) is 15.5. The number of nitrogens with zero attached hydrogens (tertiary/aromatic N) is 1. The van der Waals surface area contributed by atoms with Crippen molar-refractivity contribution < 1.29 is 8.42 Å². The number of hydrogen-bond acceptors (Lipinski definition) is 3. The van der Waals surface area contributed by atoms with Crippen LogP contribution < -0.4 is 4.31 Å². The molecule has 0 N–H and O–H groups in total. The van der Waals surface area contributed by atoms with Crippen molar-refractivity contribution in [2.24, 2.45) is 0 Å². The maximum atomic E-state index is 12.8. The van der Waals surface area contributed by atoms with Crippen LogP contribution in [0.25, 0.3) is 0 Å². The molecule has 6 heteroatoms. The van der Waals surface area contributed by atoms with Crippen molar-refractivity contribution in [3.05, 3.63) is 53.6 Å². The predicted octanol–water partition coefficient (Wildman–Crippen LogP) is 4.28. The molecule has 0 aromatic heterocycles. The van der Waals surface area contributed by atoms with Crippen molar-refractivity contribution in [1.82, 2.24) is 0 Å². The summed E-state index contributed by atoms with van der Waals surface area (Å²) in [4.78, 5) is 1.31. The van der Waals surface area contributed by atoms with E-state index in [1.807, 2.05) is 18.4 Å². The van der Waals surface area contributed by atoms with Gasteiger partial charge in [0.1, 0.15) is 0 Å². The Balaban J connectivity index is 2.44. The second kappa shape index (κ2) is 6.73. The van der Waals surface area contributed by atoms with Gasteiger partial charge in [0.05, 0.1) is 10.6 Å². The highest BCUT2D eigenvalue weighted by Gasteiger charge is 2.23. The second-order valence-electron chi connectivity index (χ2n) is 4.33. The molecule has 0 radical (unpaired) electrons. The van der Waals surface area contributed by atoms with Crippen LogP contribution >= 0.6 is 23.4 Å². The summed E-state index contributed by atoms with van der Waals surface area (Å²) in [6.07, 6.45) is 1.95. The summed E-state index contributed by atoms with van der Waals surface area (Å²) < 4.78 is 26.9. The third-order valence-electron chi connectivity index (χ3n) is 3.03. The van der Waals surface area contributed by atoms with E-state index in [4.69, 9.17) is 11.6 Å². The number of sulfonamides is 1. The van der Waals surface area contributed by atoms with Crippen LogP contribution in [-0.4, -0.2) is 21.2 Å². The molecule has 0 amide bonds. The summed E-state index contributed by atoms with van der Waals surface area (Å²) in [5, 5.41) is 0.513. The number of halogens is 1. The van der Waals surface area contributed by atoms with Crippen LogP contribution in [0.3, 0.4) is 0 Å². The van der Waals surface area contributed by atoms with Gasteiger partial charge in [-0.2, -0.15) is 0 Å². The molecular weight excluding hydrogens is 326 g/mol. The highest BCUT2D eigenvalue weighted by Crippen LogP contribution is 2.26. The van der Waals surface area contributed by atoms with E-state index in [0.29, 0.717) is 17.3 Å². The summed E-state index contributed by atoms with van der Waals surface area (Å²) in [5.74, 6) is 0. The molecular formula is C15H16ClNO2S2. The lowest BCUT2D eigenvalue weighted by Gasteiger charge is -2.23. The van der Waals surface area contributed by atoms with Crippen LogP contribution in [0, 0.1) is 0 Å². The van der Waals surface area contributed by atoms with Crippen molar-refractivity contribution in [1.29, 1.82) is 0 Å². The first-order chi connectivity index (χ1) is 9.98. The molecule has 2 rings (SSSR count). The fourth-order valence-corrected chi connectivity index (χ4v) is 4.06. The standard InChI is InChI=1S/C15H16ClNO2S2/c1-3-17(13-6-4-5-12(16)11-13)21(18,19)15-9-7-14(20-2)8-10-15/h4-11H,3H2,1-2H3. The molecule has 112 valence electrons. The van der Waals surface area contributed by atoms with E-state index < -0.39 is 10.0 Å². The van der Waals surface area contributed by atoms with Gasteiger partial charge in [-0.25, -0.2) is 8.42 Å². The lowest BCUT2D eigenvalue weighted by Crippen LogP contribution is -2.30. The lowest BCUT2D eigenvalue weighted by atomic mass is 10.3. The summed E-state index contributed by atoms with van der Waals surface area (Å²) >= 11 is 7.53. The Labute approximate surface area is 135 Å². The Morgan fingerprint density at radius 1 is 1.14 bits per heavy atom. The van der Waals surface area contributed by atoms with Gasteiger partial charge in [0.15, 0.2) is 0 Å². The van der Waals surface area contributed by atoms with Crippen molar-refractivity contribution >= 4 is 39.1 Å². The Morgan fingerprint density at radius 3 is 2.33 bits per heavy atom. The molecule has 0 heterocycles. The summed E-state index contributed by atoms with van der Waals surface area (Å²) in [7, 11) is -3.58. The molecule has 2 aromatic rings. The van der Waals surface area contributed by atoms with Gasteiger partial charge in [-0.3, -0.25) is 4.31 Å². The number of benzene rings is 2. The molecule has 0 spiro atoms. The number of rotatable bonds is 5. The Kier molecular flexibility index (Phi) is 5.19. The SMILES string of the molecule is CCN(c1cccc(Cl)c1)S(=O)(=O)c1ccc(SC)cc1. The van der Waals surface area contributed by atoms with Crippen molar-refractivity contribution in [2.75, 3.05) is 17.1 Å². The van der Waals surface area contributed by atoms with Crippen LogP contribution in [0.5, 0.6) is 0 Å². The lowest BCUT2D eigenvalue weighted by molar-refractivity contribution is 0.592. The largest absolute Gasteiger partial charge is 0.267 e. The second-order valence-corrected chi connectivity index (χ2v) is 7.50. The monoisotopic (exact) mass is 341 g/mol. The van der Waals surface area contributed by atoms with Gasteiger partial charge in [0.2, 0.25) is 0 Å². The third-order valence-corrected chi connectivity index (χ3v) is 5.93. The van der Waals surface area contributed by atoms with E-state index in [1.54, 1.807) is 55.1 Å². The molecule has 0 saturated heterocycles. The molecule has 0 aliphatic rings. The van der Waals surface area contributed by atoms with Crippen LogP contribution in [0.1, 0.15) is 6.92 Å². The van der Waals surface area contributed by atoms with Crippen molar-refractivity contribution in [3.8, 4) is 0 Å². The molecule has 0 aliphatic heterocycles. The maximum absolute atomic E-state index is 12.8. The van der Waals surface area contributed by atoms with Crippen LogP contribution in [0.2, 0.25) is 5.02 Å². The Morgan fingerprint density at radius 2 is 1.81 bits per heavy atom. The van der Waals surface area contributed by atoms with E-state index in [9.17, 15) is 8.42 Å². The minimum Gasteiger partial charge on any atom is -0.267 e. The van der Waals surface area contributed by atoms with Crippen molar-refractivity contribution in [2.45, 2.75) is 16.7 Å². The van der Waals surface area contributed by atoms with Crippen molar-refractivity contribution in [3.63, 3.8) is 0 Å². The smallest absolute Gasteiger partial charge is 0.264 e. The number of thioether (sulfide) groups is 1. The highest BCUT2D eigenvalue weighted by molar-refractivity contribution is 7.98.